The molecule has 0 saturated carbocycles. The lowest BCUT2D eigenvalue weighted by Crippen LogP contribution is -2.58. The summed E-state index contributed by atoms with van der Waals surface area (Å²) in [6.07, 6.45) is 2.11. The van der Waals surface area contributed by atoms with Gasteiger partial charge in [0.05, 0.1) is 12.6 Å². The number of carboxylic acid groups (broad SMARTS) is 1. The molecule has 2 aromatic carbocycles. The number of para-hydroxylation sites is 1. The number of aromatic hydroxyl groups is 1. The quantitative estimate of drug-likeness (QED) is 0.0513. The molecule has 3 aromatic rings. The summed E-state index contributed by atoms with van der Waals surface area (Å²) in [5.41, 5.74) is 19.0. The molecule has 15 heteroatoms. The van der Waals surface area contributed by atoms with Gasteiger partial charge in [-0.1, -0.05) is 30.3 Å². The Hall–Kier alpha value is -5.15. The van der Waals surface area contributed by atoms with Gasteiger partial charge in [0, 0.05) is 30.1 Å². The van der Waals surface area contributed by atoms with Crippen LogP contribution in [-0.2, 0) is 32.0 Å². The van der Waals surface area contributed by atoms with Crippen molar-refractivity contribution in [3.8, 4) is 5.75 Å². The average Bonchev–Trinajstić information content (AvgIpc) is 3.40. The van der Waals surface area contributed by atoms with Gasteiger partial charge in [-0.3, -0.25) is 19.4 Å². The van der Waals surface area contributed by atoms with Gasteiger partial charge in [-0.15, -0.1) is 0 Å². The number of rotatable bonds is 16. The monoisotopic (exact) mass is 610 g/mol. The topological polar surface area (TPSA) is 271 Å². The zero-order valence-corrected chi connectivity index (χ0v) is 23.9. The molecule has 0 radical (unpaired) electrons. The molecule has 13 N–H and O–H groups in total. The van der Waals surface area contributed by atoms with E-state index >= 15 is 0 Å². The highest BCUT2D eigenvalue weighted by Crippen LogP contribution is 2.19. The number of aliphatic carboxylic acids is 1. The first-order valence-corrected chi connectivity index (χ1v) is 13.9. The van der Waals surface area contributed by atoms with Gasteiger partial charge in [0.1, 0.15) is 23.9 Å². The van der Waals surface area contributed by atoms with E-state index in [1.807, 2.05) is 24.3 Å². The predicted molar refractivity (Wildman–Crippen MR) is 162 cm³/mol. The Kier molecular flexibility index (Phi) is 12.1. The fraction of sp³-hybridized carbons (Fsp3) is 0.345. The summed E-state index contributed by atoms with van der Waals surface area (Å²) in [6, 6.07) is 8.34. The molecule has 0 aliphatic rings. The molecule has 4 atom stereocenters. The Morgan fingerprint density at radius 2 is 1.50 bits per heavy atom. The van der Waals surface area contributed by atoms with Gasteiger partial charge in [0.2, 0.25) is 17.7 Å². The van der Waals surface area contributed by atoms with Crippen molar-refractivity contribution in [3.05, 3.63) is 65.9 Å². The van der Waals surface area contributed by atoms with Crippen LogP contribution in [0.1, 0.15) is 24.0 Å². The molecule has 0 fully saturated rings. The molecule has 0 spiro atoms. The van der Waals surface area contributed by atoms with Crippen LogP contribution in [0, 0.1) is 0 Å². The number of fused-ring (bicyclic) bond motifs is 1. The van der Waals surface area contributed by atoms with E-state index in [2.05, 4.69) is 25.9 Å². The second kappa shape index (κ2) is 15.9. The number of phenolic OH excluding ortho intramolecular Hbond substituents is 1. The summed E-state index contributed by atoms with van der Waals surface area (Å²) in [4.78, 5) is 57.9. The number of guanidine groups is 1. The van der Waals surface area contributed by atoms with Gasteiger partial charge in [0.25, 0.3) is 0 Å². The second-order valence-electron chi connectivity index (χ2n) is 10.2. The van der Waals surface area contributed by atoms with Crippen molar-refractivity contribution in [2.75, 3.05) is 13.2 Å². The molecule has 44 heavy (non-hydrogen) atoms. The van der Waals surface area contributed by atoms with Gasteiger partial charge >= 0.3 is 5.97 Å². The molecule has 15 nitrogen and oxygen atoms in total. The zero-order chi connectivity index (χ0) is 32.2. The Bertz CT molecular complexity index is 1470. The minimum Gasteiger partial charge on any atom is -0.508 e. The first-order chi connectivity index (χ1) is 21.0. The van der Waals surface area contributed by atoms with Crippen molar-refractivity contribution in [2.45, 2.75) is 49.9 Å². The molecule has 3 rings (SSSR count). The number of H-pyrrole nitrogens is 1. The highest BCUT2D eigenvalue weighted by atomic mass is 16.4. The maximum Gasteiger partial charge on any atom is 0.326 e. The number of nitrogens with two attached hydrogens (primary N) is 3. The third kappa shape index (κ3) is 9.71. The number of aliphatic hydroxyl groups excluding tert-OH is 1. The number of hydrogen-bond acceptors (Lipinski definition) is 8. The number of carbonyl (C=O) groups is 4. The number of aromatic nitrogens is 1. The van der Waals surface area contributed by atoms with Crippen LogP contribution in [-0.4, -0.2) is 87.3 Å². The molecule has 1 aromatic heterocycles. The first-order valence-electron chi connectivity index (χ1n) is 13.9. The second-order valence-corrected chi connectivity index (χ2v) is 10.2. The van der Waals surface area contributed by atoms with Crippen LogP contribution in [0.15, 0.2) is 59.7 Å². The number of aromatic amines is 1. The summed E-state index contributed by atoms with van der Waals surface area (Å²) in [7, 11) is 0. The molecule has 0 aliphatic carbocycles. The van der Waals surface area contributed by atoms with Gasteiger partial charge < -0.3 is 53.5 Å². The van der Waals surface area contributed by atoms with Crippen molar-refractivity contribution in [1.82, 2.24) is 20.9 Å². The van der Waals surface area contributed by atoms with Crippen molar-refractivity contribution in [2.24, 2.45) is 22.2 Å². The van der Waals surface area contributed by atoms with E-state index in [4.69, 9.17) is 17.2 Å². The van der Waals surface area contributed by atoms with E-state index in [1.165, 1.54) is 12.1 Å². The Morgan fingerprint density at radius 3 is 2.16 bits per heavy atom. The zero-order valence-electron chi connectivity index (χ0n) is 23.9. The number of benzene rings is 2. The summed E-state index contributed by atoms with van der Waals surface area (Å²) in [5.74, 6) is -3.88. The standard InChI is InChI=1S/C29H38N8O7/c30-20(13-17-14-34-21-5-2-1-4-19(17)21)25(40)36-23(12-16-7-9-18(39)10-8-16)26(41)37-24(15-38)27(42)35-22(28(43)44)6-3-11-33-29(31)32/h1-2,4-5,7-10,14,20,22-24,34,38-39H,3,6,11-13,15,30H2,(H,35,42)(H,36,40)(H,37,41)(H,43,44)(H4,31,32,33). The third-order valence-electron chi connectivity index (χ3n) is 6.84. The number of amides is 3. The van der Waals surface area contributed by atoms with Crippen LogP contribution < -0.4 is 33.2 Å². The lowest BCUT2D eigenvalue weighted by molar-refractivity contribution is -0.142. The molecular weight excluding hydrogens is 572 g/mol. The van der Waals surface area contributed by atoms with Crippen molar-refractivity contribution < 1.29 is 34.5 Å². The van der Waals surface area contributed by atoms with E-state index < -0.39 is 54.5 Å². The number of aliphatic hydroxyl groups is 1. The predicted octanol–water partition coefficient (Wildman–Crippen LogP) is -1.43. The number of phenols is 1. The summed E-state index contributed by atoms with van der Waals surface area (Å²) < 4.78 is 0. The number of nitrogens with one attached hydrogen (secondary N) is 4. The molecule has 0 bridgehead atoms. The molecule has 1 heterocycles. The largest absolute Gasteiger partial charge is 0.508 e. The van der Waals surface area contributed by atoms with E-state index in [1.54, 1.807) is 18.3 Å². The van der Waals surface area contributed by atoms with Gasteiger partial charge in [0.15, 0.2) is 5.96 Å². The van der Waals surface area contributed by atoms with Crippen molar-refractivity contribution >= 4 is 40.6 Å². The fourth-order valence-electron chi connectivity index (χ4n) is 4.49. The van der Waals surface area contributed by atoms with Gasteiger partial charge in [-0.25, -0.2) is 4.79 Å². The number of carbonyl (C=O) groups excluding carboxylic acids is 3. The van der Waals surface area contributed by atoms with Crippen molar-refractivity contribution in [1.29, 1.82) is 0 Å². The van der Waals surface area contributed by atoms with E-state index in [9.17, 15) is 34.5 Å². The maximum absolute atomic E-state index is 13.4. The Morgan fingerprint density at radius 1 is 0.864 bits per heavy atom. The number of nitrogens with zero attached hydrogens (tertiary/aromatic N) is 1. The molecule has 236 valence electrons. The van der Waals surface area contributed by atoms with Crippen LogP contribution in [0.5, 0.6) is 5.75 Å². The van der Waals surface area contributed by atoms with Crippen LogP contribution >= 0.6 is 0 Å². The number of aliphatic imine (C=N–C) groups is 1. The smallest absolute Gasteiger partial charge is 0.326 e. The highest BCUT2D eigenvalue weighted by Gasteiger charge is 2.30. The number of hydrogen-bond donors (Lipinski definition) is 10. The molecule has 4 unspecified atom stereocenters. The average molecular weight is 611 g/mol. The van der Waals surface area contributed by atoms with E-state index in [-0.39, 0.29) is 43.9 Å². The van der Waals surface area contributed by atoms with Gasteiger partial charge in [-0.05, 0) is 48.6 Å². The van der Waals surface area contributed by atoms with Crippen LogP contribution in [0.3, 0.4) is 0 Å². The molecule has 0 aliphatic heterocycles. The molecule has 0 saturated heterocycles. The minimum absolute atomic E-state index is 0.00263. The fourth-order valence-corrected chi connectivity index (χ4v) is 4.49. The van der Waals surface area contributed by atoms with E-state index in [0.29, 0.717) is 5.56 Å². The summed E-state index contributed by atoms with van der Waals surface area (Å²) in [5, 5.41) is 37.2. The summed E-state index contributed by atoms with van der Waals surface area (Å²) in [6.45, 7) is -0.707. The molecule has 3 amide bonds. The van der Waals surface area contributed by atoms with Crippen LogP contribution in [0.2, 0.25) is 0 Å². The van der Waals surface area contributed by atoms with Gasteiger partial charge in [-0.2, -0.15) is 0 Å². The third-order valence-corrected chi connectivity index (χ3v) is 6.84. The first kappa shape index (κ1) is 33.4. The lowest BCUT2D eigenvalue weighted by atomic mass is 10.0. The normalized spacial score (nSPS) is 13.7. The van der Waals surface area contributed by atoms with Crippen molar-refractivity contribution in [3.63, 3.8) is 0 Å². The molecular formula is C29H38N8O7. The minimum atomic E-state index is -1.53. The van der Waals surface area contributed by atoms with Crippen LogP contribution in [0.25, 0.3) is 10.9 Å². The lowest BCUT2D eigenvalue weighted by Gasteiger charge is -2.24. The summed E-state index contributed by atoms with van der Waals surface area (Å²) >= 11 is 0. The number of carboxylic acids is 1. The van der Waals surface area contributed by atoms with E-state index in [0.717, 1.165) is 16.5 Å². The SMILES string of the molecule is NC(N)=NCCCC(NC(=O)C(CO)NC(=O)C(Cc1ccc(O)cc1)NC(=O)C(N)Cc1c[nH]c2ccccc12)C(=O)O. The highest BCUT2D eigenvalue weighted by molar-refractivity contribution is 5.94. The van der Waals surface area contributed by atoms with Crippen LogP contribution in [0.4, 0.5) is 0 Å². The Labute approximate surface area is 252 Å². The maximum atomic E-state index is 13.4. The Balaban J connectivity index is 1.70.